The summed E-state index contributed by atoms with van der Waals surface area (Å²) in [5.74, 6) is 0.488. The monoisotopic (exact) mass is 374 g/mol. The SMILES string of the molecule is Cc1noc(CC(=O)c2ccccc2)c1C(=O)N1CCC(c2ccccc2)C1. The van der Waals surface area contributed by atoms with Gasteiger partial charge in [0.15, 0.2) is 11.5 Å². The Morgan fingerprint density at radius 3 is 2.46 bits per heavy atom. The molecule has 4 rings (SSSR count). The van der Waals surface area contributed by atoms with Crippen LogP contribution in [0.2, 0.25) is 0 Å². The van der Waals surface area contributed by atoms with Crippen LogP contribution in [0, 0.1) is 6.92 Å². The zero-order valence-electron chi connectivity index (χ0n) is 15.8. The number of rotatable bonds is 5. The molecule has 1 atom stereocenters. The lowest BCUT2D eigenvalue weighted by Gasteiger charge is -2.17. The van der Waals surface area contributed by atoms with Gasteiger partial charge in [0, 0.05) is 24.6 Å². The van der Waals surface area contributed by atoms with Gasteiger partial charge in [0.1, 0.15) is 5.56 Å². The maximum absolute atomic E-state index is 13.2. The number of likely N-dealkylation sites (tertiary alicyclic amines) is 1. The second-order valence-electron chi connectivity index (χ2n) is 7.18. The number of ketones is 1. The van der Waals surface area contributed by atoms with E-state index in [2.05, 4.69) is 17.3 Å². The van der Waals surface area contributed by atoms with E-state index in [-0.39, 0.29) is 18.1 Å². The van der Waals surface area contributed by atoms with Gasteiger partial charge < -0.3 is 9.42 Å². The first-order valence-corrected chi connectivity index (χ1v) is 9.51. The number of carbonyl (C=O) groups is 2. The van der Waals surface area contributed by atoms with Crippen LogP contribution < -0.4 is 0 Å². The van der Waals surface area contributed by atoms with Gasteiger partial charge in [-0.15, -0.1) is 0 Å². The van der Waals surface area contributed by atoms with Crippen LogP contribution in [-0.4, -0.2) is 34.8 Å². The molecule has 1 aliphatic heterocycles. The topological polar surface area (TPSA) is 63.4 Å². The minimum Gasteiger partial charge on any atom is -0.360 e. The Morgan fingerprint density at radius 1 is 1.07 bits per heavy atom. The van der Waals surface area contributed by atoms with Crippen molar-refractivity contribution in [2.24, 2.45) is 0 Å². The van der Waals surface area contributed by atoms with Gasteiger partial charge in [0.05, 0.1) is 12.1 Å². The molecule has 1 aliphatic rings. The number of aromatic nitrogens is 1. The lowest BCUT2D eigenvalue weighted by atomic mass is 9.99. The predicted molar refractivity (Wildman–Crippen MR) is 105 cm³/mol. The molecule has 5 heteroatoms. The van der Waals surface area contributed by atoms with E-state index in [1.54, 1.807) is 19.1 Å². The summed E-state index contributed by atoms with van der Waals surface area (Å²) >= 11 is 0. The number of hydrogen-bond donors (Lipinski definition) is 0. The zero-order valence-corrected chi connectivity index (χ0v) is 15.8. The van der Waals surface area contributed by atoms with Crippen molar-refractivity contribution in [3.63, 3.8) is 0 Å². The van der Waals surface area contributed by atoms with Crippen LogP contribution in [0.4, 0.5) is 0 Å². The summed E-state index contributed by atoms with van der Waals surface area (Å²) in [4.78, 5) is 27.5. The lowest BCUT2D eigenvalue weighted by molar-refractivity contribution is 0.0788. The van der Waals surface area contributed by atoms with Gasteiger partial charge in [-0.2, -0.15) is 0 Å². The molecule has 142 valence electrons. The second kappa shape index (κ2) is 7.80. The molecular weight excluding hydrogens is 352 g/mol. The van der Waals surface area contributed by atoms with Crippen molar-refractivity contribution in [2.45, 2.75) is 25.7 Å². The number of hydrogen-bond acceptors (Lipinski definition) is 4. The summed E-state index contributed by atoms with van der Waals surface area (Å²) in [5.41, 5.74) is 2.81. The van der Waals surface area contributed by atoms with Crippen molar-refractivity contribution in [1.29, 1.82) is 0 Å². The molecule has 0 N–H and O–H groups in total. The van der Waals surface area contributed by atoms with Gasteiger partial charge in [-0.3, -0.25) is 9.59 Å². The van der Waals surface area contributed by atoms with Gasteiger partial charge in [0.25, 0.3) is 5.91 Å². The van der Waals surface area contributed by atoms with E-state index in [1.807, 2.05) is 41.3 Å². The molecule has 1 saturated heterocycles. The summed E-state index contributed by atoms with van der Waals surface area (Å²) in [7, 11) is 0. The first-order valence-electron chi connectivity index (χ1n) is 9.51. The molecule has 5 nitrogen and oxygen atoms in total. The standard InChI is InChI=1S/C23H22N2O3/c1-16-22(21(28-24-16)14-20(26)18-10-6-3-7-11-18)23(27)25-13-12-19(15-25)17-8-4-2-5-9-17/h2-11,19H,12-15H2,1H3. The van der Waals surface area contributed by atoms with Crippen LogP contribution in [0.1, 0.15) is 50.1 Å². The third-order valence-electron chi connectivity index (χ3n) is 5.31. The number of nitrogens with zero attached hydrogens (tertiary/aromatic N) is 2. The molecule has 0 saturated carbocycles. The minimum atomic E-state index is -0.104. The van der Waals surface area contributed by atoms with E-state index in [1.165, 1.54) is 5.56 Å². The highest BCUT2D eigenvalue weighted by Crippen LogP contribution is 2.29. The maximum Gasteiger partial charge on any atom is 0.259 e. The van der Waals surface area contributed by atoms with Crippen LogP contribution in [-0.2, 0) is 6.42 Å². The molecule has 28 heavy (non-hydrogen) atoms. The quantitative estimate of drug-likeness (QED) is 0.633. The number of amides is 1. The van der Waals surface area contributed by atoms with E-state index in [4.69, 9.17) is 4.52 Å². The van der Waals surface area contributed by atoms with Crippen molar-refractivity contribution in [2.75, 3.05) is 13.1 Å². The Hall–Kier alpha value is -3.21. The van der Waals surface area contributed by atoms with E-state index in [9.17, 15) is 9.59 Å². The third-order valence-corrected chi connectivity index (χ3v) is 5.31. The van der Waals surface area contributed by atoms with E-state index >= 15 is 0 Å². The second-order valence-corrected chi connectivity index (χ2v) is 7.18. The van der Waals surface area contributed by atoms with Crippen LogP contribution in [0.3, 0.4) is 0 Å². The fraction of sp³-hybridized carbons (Fsp3) is 0.261. The predicted octanol–water partition coefficient (Wildman–Crippen LogP) is 4.04. The third kappa shape index (κ3) is 3.60. The maximum atomic E-state index is 13.2. The lowest BCUT2D eigenvalue weighted by Crippen LogP contribution is -2.29. The molecule has 0 aliphatic carbocycles. The number of carbonyl (C=O) groups excluding carboxylic acids is 2. The van der Waals surface area contributed by atoms with Crippen LogP contribution in [0.5, 0.6) is 0 Å². The smallest absolute Gasteiger partial charge is 0.259 e. The van der Waals surface area contributed by atoms with Gasteiger partial charge in [-0.25, -0.2) is 0 Å². The summed E-state index contributed by atoms with van der Waals surface area (Å²) in [6, 6.07) is 19.3. The Kier molecular flexibility index (Phi) is 5.06. The Morgan fingerprint density at radius 2 is 1.75 bits per heavy atom. The van der Waals surface area contributed by atoms with E-state index in [0.29, 0.717) is 41.6 Å². The first kappa shape index (κ1) is 18.2. The highest BCUT2D eigenvalue weighted by atomic mass is 16.5. The molecule has 3 aromatic rings. The molecule has 2 aromatic carbocycles. The molecule has 0 bridgehead atoms. The summed E-state index contributed by atoms with van der Waals surface area (Å²) in [6.45, 7) is 3.10. The number of Topliss-reactive ketones (excluding diaryl/α,β-unsaturated/α-hetero) is 1. The molecular formula is C23H22N2O3. The molecule has 1 unspecified atom stereocenters. The molecule has 1 fully saturated rings. The fourth-order valence-corrected chi connectivity index (χ4v) is 3.78. The first-order chi connectivity index (χ1) is 13.6. The van der Waals surface area contributed by atoms with E-state index in [0.717, 1.165) is 6.42 Å². The Labute approximate surface area is 164 Å². The van der Waals surface area contributed by atoms with Crippen molar-refractivity contribution in [1.82, 2.24) is 10.1 Å². The summed E-state index contributed by atoms with van der Waals surface area (Å²) in [5, 5.41) is 3.96. The van der Waals surface area contributed by atoms with Gasteiger partial charge in [0.2, 0.25) is 0 Å². The molecule has 0 radical (unpaired) electrons. The normalized spacial score (nSPS) is 16.3. The van der Waals surface area contributed by atoms with Crippen molar-refractivity contribution in [3.8, 4) is 0 Å². The van der Waals surface area contributed by atoms with Crippen LogP contribution in [0.15, 0.2) is 65.2 Å². The molecule has 2 heterocycles. The van der Waals surface area contributed by atoms with Gasteiger partial charge in [-0.05, 0) is 18.9 Å². The van der Waals surface area contributed by atoms with Crippen LogP contribution >= 0.6 is 0 Å². The van der Waals surface area contributed by atoms with Crippen molar-refractivity contribution < 1.29 is 14.1 Å². The number of aryl methyl sites for hydroxylation is 1. The van der Waals surface area contributed by atoms with Gasteiger partial charge in [-0.1, -0.05) is 65.8 Å². The van der Waals surface area contributed by atoms with E-state index < -0.39 is 0 Å². The molecule has 1 aromatic heterocycles. The highest BCUT2D eigenvalue weighted by Gasteiger charge is 2.32. The van der Waals surface area contributed by atoms with Crippen molar-refractivity contribution >= 4 is 11.7 Å². The zero-order chi connectivity index (χ0) is 19.5. The fourth-order valence-electron chi connectivity index (χ4n) is 3.78. The Bertz CT molecular complexity index is 980. The van der Waals surface area contributed by atoms with Crippen molar-refractivity contribution in [3.05, 3.63) is 88.8 Å². The Balaban J connectivity index is 1.51. The minimum absolute atomic E-state index is 0.0296. The number of benzene rings is 2. The largest absolute Gasteiger partial charge is 0.360 e. The average molecular weight is 374 g/mol. The van der Waals surface area contributed by atoms with Crippen LogP contribution in [0.25, 0.3) is 0 Å². The average Bonchev–Trinajstić information content (AvgIpc) is 3.36. The highest BCUT2D eigenvalue weighted by molar-refractivity contribution is 6.01. The molecule has 0 spiro atoms. The van der Waals surface area contributed by atoms with Gasteiger partial charge >= 0.3 is 0 Å². The summed E-state index contributed by atoms with van der Waals surface area (Å²) in [6.07, 6.45) is 0.959. The summed E-state index contributed by atoms with van der Waals surface area (Å²) < 4.78 is 5.36. The molecule has 1 amide bonds.